The molecule has 15 heavy (non-hydrogen) atoms. The number of rotatable bonds is 5. The topological polar surface area (TPSA) is 32.3 Å². The van der Waals surface area contributed by atoms with Crippen LogP contribution in [0.25, 0.3) is 0 Å². The zero-order chi connectivity index (χ0) is 11.4. The minimum absolute atomic E-state index is 0.119. The fourth-order valence-electron chi connectivity index (χ4n) is 1.56. The molecule has 0 unspecified atom stereocenters. The predicted molar refractivity (Wildman–Crippen MR) is 62.9 cm³/mol. The molecule has 0 saturated heterocycles. The van der Waals surface area contributed by atoms with Crippen LogP contribution in [0.1, 0.15) is 47.0 Å². The molecule has 0 atom stereocenters. The van der Waals surface area contributed by atoms with Crippen molar-refractivity contribution in [3.8, 4) is 0 Å². The monoisotopic (exact) mass is 212 g/mol. The smallest absolute Gasteiger partial charge is 0.317 e. The minimum atomic E-state index is 0.119. The number of amides is 2. The van der Waals surface area contributed by atoms with Gasteiger partial charge in [0.15, 0.2) is 0 Å². The van der Waals surface area contributed by atoms with Crippen molar-refractivity contribution in [1.29, 1.82) is 0 Å². The second kappa shape index (κ2) is 5.38. The lowest BCUT2D eigenvalue weighted by atomic mass is 10.1. The van der Waals surface area contributed by atoms with E-state index in [1.807, 2.05) is 18.7 Å². The van der Waals surface area contributed by atoms with Crippen molar-refractivity contribution in [2.45, 2.75) is 59.0 Å². The molecule has 1 aliphatic rings. The Morgan fingerprint density at radius 1 is 1.33 bits per heavy atom. The second-order valence-corrected chi connectivity index (χ2v) is 5.21. The molecular formula is C12H24N2O. The number of carbonyl (C=O) groups excluding carboxylic acids is 1. The molecule has 0 aliphatic heterocycles. The van der Waals surface area contributed by atoms with Crippen LogP contribution in [0.15, 0.2) is 0 Å². The molecule has 3 heteroatoms. The van der Waals surface area contributed by atoms with Crippen molar-refractivity contribution in [2.24, 2.45) is 5.92 Å². The fourth-order valence-corrected chi connectivity index (χ4v) is 1.56. The molecule has 1 aliphatic carbocycles. The van der Waals surface area contributed by atoms with Crippen LogP contribution in [0, 0.1) is 5.92 Å². The zero-order valence-electron chi connectivity index (χ0n) is 10.4. The van der Waals surface area contributed by atoms with Gasteiger partial charge < -0.3 is 10.2 Å². The number of urea groups is 1. The van der Waals surface area contributed by atoms with E-state index in [0.717, 1.165) is 13.0 Å². The highest BCUT2D eigenvalue weighted by Gasteiger charge is 2.32. The number of nitrogens with one attached hydrogen (secondary N) is 1. The van der Waals surface area contributed by atoms with Crippen LogP contribution in [0.3, 0.4) is 0 Å². The summed E-state index contributed by atoms with van der Waals surface area (Å²) >= 11 is 0. The highest BCUT2D eigenvalue weighted by molar-refractivity contribution is 5.75. The molecule has 0 bridgehead atoms. The molecule has 0 aromatic carbocycles. The summed E-state index contributed by atoms with van der Waals surface area (Å²) in [6, 6.07) is 0.869. The van der Waals surface area contributed by atoms with Crippen molar-refractivity contribution in [3.63, 3.8) is 0 Å². The van der Waals surface area contributed by atoms with Gasteiger partial charge in [-0.05, 0) is 39.0 Å². The largest absolute Gasteiger partial charge is 0.336 e. The highest BCUT2D eigenvalue weighted by atomic mass is 16.2. The van der Waals surface area contributed by atoms with E-state index in [-0.39, 0.29) is 12.1 Å². The number of nitrogens with zero attached hydrogens (tertiary/aromatic N) is 1. The summed E-state index contributed by atoms with van der Waals surface area (Å²) in [5.41, 5.74) is 0. The maximum absolute atomic E-state index is 11.9. The summed E-state index contributed by atoms with van der Waals surface area (Å²) in [6.07, 6.45) is 3.47. The van der Waals surface area contributed by atoms with E-state index >= 15 is 0 Å². The first-order valence-electron chi connectivity index (χ1n) is 6.07. The molecule has 0 radical (unpaired) electrons. The van der Waals surface area contributed by atoms with Crippen molar-refractivity contribution in [3.05, 3.63) is 0 Å². The summed E-state index contributed by atoms with van der Waals surface area (Å²) < 4.78 is 0. The first kappa shape index (κ1) is 12.3. The molecular weight excluding hydrogens is 188 g/mol. The third-order valence-corrected chi connectivity index (χ3v) is 2.61. The predicted octanol–water partition coefficient (Wildman–Crippen LogP) is 2.61. The third-order valence-electron chi connectivity index (χ3n) is 2.61. The lowest BCUT2D eigenvalue weighted by Gasteiger charge is -2.24. The van der Waals surface area contributed by atoms with Gasteiger partial charge >= 0.3 is 6.03 Å². The average molecular weight is 212 g/mol. The maximum atomic E-state index is 11.9. The Hall–Kier alpha value is -0.730. The Balaban J connectivity index is 2.39. The van der Waals surface area contributed by atoms with Gasteiger partial charge in [0.2, 0.25) is 0 Å². The third kappa shape index (κ3) is 4.54. The zero-order valence-corrected chi connectivity index (χ0v) is 10.4. The molecule has 2 amide bonds. The molecule has 0 aromatic rings. The standard InChI is InChI=1S/C12H24N2O/c1-9(2)7-8-14(11-5-6-11)12(15)13-10(3)4/h9-11H,5-8H2,1-4H3,(H,13,15). The summed E-state index contributed by atoms with van der Waals surface area (Å²) in [7, 11) is 0. The normalized spacial score (nSPS) is 15.9. The molecule has 3 nitrogen and oxygen atoms in total. The van der Waals surface area contributed by atoms with Crippen LogP contribution in [-0.2, 0) is 0 Å². The molecule has 88 valence electrons. The summed E-state index contributed by atoms with van der Waals surface area (Å²) in [5.74, 6) is 0.665. The number of hydrogen-bond acceptors (Lipinski definition) is 1. The Bertz CT molecular complexity index is 210. The minimum Gasteiger partial charge on any atom is -0.336 e. The lowest BCUT2D eigenvalue weighted by Crippen LogP contribution is -2.44. The van der Waals surface area contributed by atoms with Crippen molar-refractivity contribution in [2.75, 3.05) is 6.54 Å². The van der Waals surface area contributed by atoms with Gasteiger partial charge in [0.1, 0.15) is 0 Å². The molecule has 1 saturated carbocycles. The Morgan fingerprint density at radius 3 is 2.33 bits per heavy atom. The number of carbonyl (C=O) groups is 1. The van der Waals surface area contributed by atoms with Crippen LogP contribution < -0.4 is 5.32 Å². The van der Waals surface area contributed by atoms with Gasteiger partial charge in [0.05, 0.1) is 0 Å². The van der Waals surface area contributed by atoms with E-state index in [4.69, 9.17) is 0 Å². The SMILES string of the molecule is CC(C)CCN(C(=O)NC(C)C)C1CC1. The van der Waals surface area contributed by atoms with Gasteiger partial charge in [0, 0.05) is 18.6 Å². The lowest BCUT2D eigenvalue weighted by molar-refractivity contribution is 0.189. The van der Waals surface area contributed by atoms with E-state index in [1.54, 1.807) is 0 Å². The van der Waals surface area contributed by atoms with E-state index in [1.165, 1.54) is 12.8 Å². The van der Waals surface area contributed by atoms with Gasteiger partial charge in [-0.25, -0.2) is 4.79 Å². The van der Waals surface area contributed by atoms with Crippen molar-refractivity contribution >= 4 is 6.03 Å². The van der Waals surface area contributed by atoms with Crippen LogP contribution in [0.5, 0.6) is 0 Å². The average Bonchev–Trinajstić information content (AvgIpc) is 2.86. The molecule has 0 aromatic heterocycles. The highest BCUT2D eigenvalue weighted by Crippen LogP contribution is 2.27. The van der Waals surface area contributed by atoms with Crippen LogP contribution >= 0.6 is 0 Å². The van der Waals surface area contributed by atoms with Crippen LogP contribution in [-0.4, -0.2) is 29.6 Å². The van der Waals surface area contributed by atoms with Crippen molar-refractivity contribution < 1.29 is 4.79 Å². The van der Waals surface area contributed by atoms with Gasteiger partial charge in [-0.1, -0.05) is 13.8 Å². The maximum Gasteiger partial charge on any atom is 0.317 e. The first-order chi connectivity index (χ1) is 7.00. The van der Waals surface area contributed by atoms with Gasteiger partial charge in [-0.2, -0.15) is 0 Å². The van der Waals surface area contributed by atoms with E-state index in [9.17, 15) is 4.79 Å². The molecule has 1 N–H and O–H groups in total. The van der Waals surface area contributed by atoms with Gasteiger partial charge in [-0.15, -0.1) is 0 Å². The molecule has 1 fully saturated rings. The van der Waals surface area contributed by atoms with Crippen LogP contribution in [0.4, 0.5) is 4.79 Å². The van der Waals surface area contributed by atoms with Crippen molar-refractivity contribution in [1.82, 2.24) is 10.2 Å². The van der Waals surface area contributed by atoms with E-state index < -0.39 is 0 Å². The fraction of sp³-hybridized carbons (Fsp3) is 0.917. The van der Waals surface area contributed by atoms with Gasteiger partial charge in [0.25, 0.3) is 0 Å². The molecule has 0 heterocycles. The Kier molecular flexibility index (Phi) is 4.43. The Morgan fingerprint density at radius 2 is 1.93 bits per heavy atom. The molecule has 0 spiro atoms. The quantitative estimate of drug-likeness (QED) is 0.746. The first-order valence-corrected chi connectivity index (χ1v) is 6.07. The number of hydrogen-bond donors (Lipinski definition) is 1. The summed E-state index contributed by atoms with van der Waals surface area (Å²) in [6.45, 7) is 9.31. The molecule has 1 rings (SSSR count). The summed E-state index contributed by atoms with van der Waals surface area (Å²) in [5, 5.41) is 2.97. The van der Waals surface area contributed by atoms with E-state index in [2.05, 4.69) is 19.2 Å². The Labute approximate surface area is 93.2 Å². The van der Waals surface area contributed by atoms with Crippen LogP contribution in [0.2, 0.25) is 0 Å². The second-order valence-electron chi connectivity index (χ2n) is 5.21. The van der Waals surface area contributed by atoms with E-state index in [0.29, 0.717) is 12.0 Å². The summed E-state index contributed by atoms with van der Waals surface area (Å²) in [4.78, 5) is 13.9. The van der Waals surface area contributed by atoms with Gasteiger partial charge in [-0.3, -0.25) is 0 Å².